The van der Waals surface area contributed by atoms with Crippen LogP contribution >= 0.6 is 12.4 Å². The Hall–Kier alpha value is -1.16. The normalized spacial score (nSPS) is 14.3. The van der Waals surface area contributed by atoms with Crippen molar-refractivity contribution in [3.8, 4) is 0 Å². The van der Waals surface area contributed by atoms with Crippen LogP contribution in [-0.4, -0.2) is 36.2 Å². The van der Waals surface area contributed by atoms with E-state index in [0.29, 0.717) is 6.54 Å². The summed E-state index contributed by atoms with van der Waals surface area (Å²) in [6.07, 6.45) is 2.63. The number of nitrogens with two attached hydrogens (primary N) is 2. The predicted molar refractivity (Wildman–Crippen MR) is 85.9 cm³/mol. The molecule has 0 saturated carbocycles. The lowest BCUT2D eigenvalue weighted by Gasteiger charge is -2.33. The Kier molecular flexibility index (Phi) is 7.49. The monoisotopic (exact) mass is 353 g/mol. The van der Waals surface area contributed by atoms with E-state index in [0.717, 1.165) is 6.20 Å². The Morgan fingerprint density at radius 1 is 1.50 bits per heavy atom. The third-order valence-corrected chi connectivity index (χ3v) is 4.50. The van der Waals surface area contributed by atoms with Gasteiger partial charge in [-0.3, -0.25) is 9.48 Å². The second kappa shape index (κ2) is 7.91. The molecule has 8 nitrogen and oxygen atoms in total. The van der Waals surface area contributed by atoms with E-state index in [1.807, 2.05) is 20.8 Å². The van der Waals surface area contributed by atoms with E-state index in [2.05, 4.69) is 10.4 Å². The number of aromatic nitrogens is 2. The summed E-state index contributed by atoms with van der Waals surface area (Å²) < 4.78 is 23.6. The van der Waals surface area contributed by atoms with E-state index in [1.165, 1.54) is 10.9 Å². The van der Waals surface area contributed by atoms with Crippen LogP contribution in [0.25, 0.3) is 0 Å². The first-order valence-electron chi connectivity index (χ1n) is 6.65. The van der Waals surface area contributed by atoms with Crippen LogP contribution in [0, 0.1) is 5.92 Å². The van der Waals surface area contributed by atoms with E-state index in [1.54, 1.807) is 0 Å². The molecule has 10 heteroatoms. The molecule has 0 aromatic carbocycles. The lowest BCUT2D eigenvalue weighted by molar-refractivity contribution is -0.123. The van der Waals surface area contributed by atoms with Crippen LogP contribution in [-0.2, 0) is 21.4 Å². The molecular formula is C12H24ClN5O3S. The first-order chi connectivity index (χ1) is 9.58. The van der Waals surface area contributed by atoms with Gasteiger partial charge in [-0.15, -0.1) is 12.4 Å². The maximum absolute atomic E-state index is 11.9. The summed E-state index contributed by atoms with van der Waals surface area (Å²) in [6.45, 7) is 6.47. The van der Waals surface area contributed by atoms with Gasteiger partial charge in [-0.1, -0.05) is 13.8 Å². The van der Waals surface area contributed by atoms with Gasteiger partial charge in [0.25, 0.3) is 0 Å². The average Bonchev–Trinajstić information content (AvgIpc) is 2.84. The van der Waals surface area contributed by atoms with E-state index in [4.69, 9.17) is 10.9 Å². The molecule has 22 heavy (non-hydrogen) atoms. The number of halogens is 1. The van der Waals surface area contributed by atoms with Gasteiger partial charge in [0.1, 0.15) is 4.90 Å². The van der Waals surface area contributed by atoms with Gasteiger partial charge in [0.05, 0.1) is 11.7 Å². The van der Waals surface area contributed by atoms with Crippen molar-refractivity contribution in [2.75, 3.05) is 6.54 Å². The van der Waals surface area contributed by atoms with Crippen molar-refractivity contribution in [2.45, 2.75) is 44.2 Å². The van der Waals surface area contributed by atoms with Gasteiger partial charge in [-0.2, -0.15) is 5.10 Å². The summed E-state index contributed by atoms with van der Waals surface area (Å²) in [5.41, 5.74) is 5.24. The standard InChI is InChI=1S/C12H23N5O3S.ClH/c1-9(2)12(3,8-13)16-11(18)4-5-17-7-10(6-15-17)21(14,19)20;/h6-7,9H,4-5,8,13H2,1-3H3,(H,16,18)(H2,14,19,20);1H. The van der Waals surface area contributed by atoms with Crippen LogP contribution in [0.1, 0.15) is 27.2 Å². The van der Waals surface area contributed by atoms with E-state index in [9.17, 15) is 13.2 Å². The zero-order valence-electron chi connectivity index (χ0n) is 12.9. The number of nitrogens with zero attached hydrogens (tertiary/aromatic N) is 2. The summed E-state index contributed by atoms with van der Waals surface area (Å²) in [6, 6.07) is 0. The molecule has 1 unspecified atom stereocenters. The number of carbonyl (C=O) groups excluding carboxylic acids is 1. The van der Waals surface area contributed by atoms with Gasteiger partial charge in [0.15, 0.2) is 0 Å². The molecule has 0 spiro atoms. The van der Waals surface area contributed by atoms with Gasteiger partial charge in [0, 0.05) is 25.7 Å². The molecule has 0 radical (unpaired) electrons. The smallest absolute Gasteiger partial charge is 0.241 e. The maximum Gasteiger partial charge on any atom is 0.241 e. The van der Waals surface area contributed by atoms with Crippen LogP contribution in [0.4, 0.5) is 0 Å². The van der Waals surface area contributed by atoms with Gasteiger partial charge in [0.2, 0.25) is 15.9 Å². The number of amides is 1. The molecule has 0 aliphatic heterocycles. The van der Waals surface area contributed by atoms with Gasteiger partial charge < -0.3 is 11.1 Å². The number of hydrogen-bond acceptors (Lipinski definition) is 5. The Bertz CT molecular complexity index is 602. The topological polar surface area (TPSA) is 133 Å². The molecule has 0 saturated heterocycles. The van der Waals surface area contributed by atoms with Crippen LogP contribution in [0.2, 0.25) is 0 Å². The zero-order chi connectivity index (χ0) is 16.3. The molecule has 0 bridgehead atoms. The number of hydrogen-bond donors (Lipinski definition) is 3. The van der Waals surface area contributed by atoms with E-state index < -0.39 is 15.6 Å². The highest BCUT2D eigenvalue weighted by Gasteiger charge is 2.28. The fourth-order valence-corrected chi connectivity index (χ4v) is 2.10. The second-order valence-corrected chi connectivity index (χ2v) is 7.12. The molecule has 1 amide bonds. The minimum atomic E-state index is -3.76. The molecule has 0 aliphatic rings. The molecule has 0 fully saturated rings. The number of primary sulfonamides is 1. The Balaban J connectivity index is 0.00000441. The molecule has 5 N–H and O–H groups in total. The van der Waals surface area contributed by atoms with Crippen molar-refractivity contribution in [1.82, 2.24) is 15.1 Å². The molecule has 0 aliphatic carbocycles. The fraction of sp³-hybridized carbons (Fsp3) is 0.667. The Morgan fingerprint density at radius 2 is 2.09 bits per heavy atom. The lowest BCUT2D eigenvalue weighted by Crippen LogP contribution is -2.55. The Labute approximate surface area is 137 Å². The number of sulfonamides is 1. The van der Waals surface area contributed by atoms with Crippen LogP contribution < -0.4 is 16.2 Å². The number of nitrogens with one attached hydrogen (secondary N) is 1. The predicted octanol–water partition coefficient (Wildman–Crippen LogP) is -0.168. The Morgan fingerprint density at radius 3 is 2.50 bits per heavy atom. The SMILES string of the molecule is CC(C)C(C)(CN)NC(=O)CCn1cc(S(N)(=O)=O)cn1.Cl. The second-order valence-electron chi connectivity index (χ2n) is 5.56. The zero-order valence-corrected chi connectivity index (χ0v) is 14.6. The van der Waals surface area contributed by atoms with Crippen molar-refractivity contribution in [3.05, 3.63) is 12.4 Å². The summed E-state index contributed by atoms with van der Waals surface area (Å²) in [4.78, 5) is 11.9. The van der Waals surface area contributed by atoms with Crippen LogP contribution in [0.15, 0.2) is 17.3 Å². The number of aryl methyl sites for hydroxylation is 1. The molecule has 1 aromatic heterocycles. The van der Waals surface area contributed by atoms with E-state index >= 15 is 0 Å². The van der Waals surface area contributed by atoms with Crippen LogP contribution in [0.3, 0.4) is 0 Å². The van der Waals surface area contributed by atoms with Crippen molar-refractivity contribution in [3.63, 3.8) is 0 Å². The third-order valence-electron chi connectivity index (χ3n) is 3.63. The summed E-state index contributed by atoms with van der Waals surface area (Å²) >= 11 is 0. The van der Waals surface area contributed by atoms with Gasteiger partial charge in [-0.25, -0.2) is 13.6 Å². The number of rotatable bonds is 7. The summed E-state index contributed by atoms with van der Waals surface area (Å²) in [5.74, 6) is 0.0365. The van der Waals surface area contributed by atoms with Crippen molar-refractivity contribution in [2.24, 2.45) is 16.8 Å². The highest BCUT2D eigenvalue weighted by atomic mass is 35.5. The van der Waals surface area contributed by atoms with Gasteiger partial charge >= 0.3 is 0 Å². The summed E-state index contributed by atoms with van der Waals surface area (Å²) in [7, 11) is -3.76. The van der Waals surface area contributed by atoms with Crippen molar-refractivity contribution < 1.29 is 13.2 Å². The molecule has 128 valence electrons. The molecule has 1 aromatic rings. The molecule has 1 heterocycles. The highest BCUT2D eigenvalue weighted by Crippen LogP contribution is 2.15. The maximum atomic E-state index is 11.9. The first-order valence-corrected chi connectivity index (χ1v) is 8.19. The minimum Gasteiger partial charge on any atom is -0.349 e. The van der Waals surface area contributed by atoms with Crippen molar-refractivity contribution >= 4 is 28.3 Å². The first kappa shape index (κ1) is 20.8. The van der Waals surface area contributed by atoms with E-state index in [-0.39, 0.29) is 42.1 Å². The third kappa shape index (κ3) is 5.56. The minimum absolute atomic E-state index is 0. The lowest BCUT2D eigenvalue weighted by atomic mass is 9.88. The van der Waals surface area contributed by atoms with Gasteiger partial charge in [-0.05, 0) is 12.8 Å². The fourth-order valence-electron chi connectivity index (χ4n) is 1.64. The molecule has 1 rings (SSSR count). The average molecular weight is 354 g/mol. The van der Waals surface area contributed by atoms with Crippen molar-refractivity contribution in [1.29, 1.82) is 0 Å². The van der Waals surface area contributed by atoms with Crippen LogP contribution in [0.5, 0.6) is 0 Å². The largest absolute Gasteiger partial charge is 0.349 e. The quantitative estimate of drug-likeness (QED) is 0.626. The summed E-state index contributed by atoms with van der Waals surface area (Å²) in [5, 5.41) is 11.7. The number of carbonyl (C=O) groups is 1. The molecular weight excluding hydrogens is 330 g/mol. The molecule has 1 atom stereocenters. The highest BCUT2D eigenvalue weighted by molar-refractivity contribution is 7.89.